The molecule has 0 unspecified atom stereocenters. The highest BCUT2D eigenvalue weighted by Gasteiger charge is 2.30. The lowest BCUT2D eigenvalue weighted by molar-refractivity contribution is 0.0205. The molecular formula is C26H34FN7O4. The maximum atomic E-state index is 14.5. The Morgan fingerprint density at radius 2 is 1.95 bits per heavy atom. The van der Waals surface area contributed by atoms with Gasteiger partial charge >= 0.3 is 6.09 Å². The molecule has 0 aliphatic carbocycles. The van der Waals surface area contributed by atoms with Gasteiger partial charge in [-0.1, -0.05) is 0 Å². The van der Waals surface area contributed by atoms with Crippen LogP contribution in [0.2, 0.25) is 0 Å². The number of ether oxygens (including phenoxy) is 2. The largest absolute Gasteiger partial charge is 0.477 e. The monoisotopic (exact) mass is 527 g/mol. The Hall–Kier alpha value is -3.96. The number of fused-ring (bicyclic) bond motifs is 1. The molecule has 1 aliphatic rings. The lowest BCUT2D eigenvalue weighted by Gasteiger charge is -2.37. The lowest BCUT2D eigenvalue weighted by atomic mass is 10.0. The first-order valence-corrected chi connectivity index (χ1v) is 12.6. The lowest BCUT2D eigenvalue weighted by Crippen LogP contribution is -2.47. The Morgan fingerprint density at radius 3 is 2.61 bits per heavy atom. The summed E-state index contributed by atoms with van der Waals surface area (Å²) < 4.78 is 27.1. The first-order chi connectivity index (χ1) is 17.9. The molecular weight excluding hydrogens is 493 g/mol. The molecule has 0 radical (unpaired) electrons. The number of carbonyl (C=O) groups excluding carboxylic acids is 2. The van der Waals surface area contributed by atoms with Gasteiger partial charge in [0.05, 0.1) is 6.61 Å². The molecule has 38 heavy (non-hydrogen) atoms. The predicted octanol–water partition coefficient (Wildman–Crippen LogP) is 3.99. The second-order valence-electron chi connectivity index (χ2n) is 10.3. The zero-order chi connectivity index (χ0) is 27.6. The van der Waals surface area contributed by atoms with Gasteiger partial charge in [0.15, 0.2) is 5.82 Å². The van der Waals surface area contributed by atoms with Crippen LogP contribution in [0, 0.1) is 5.82 Å². The molecule has 11 nitrogen and oxygen atoms in total. The van der Waals surface area contributed by atoms with Crippen molar-refractivity contribution in [2.75, 3.05) is 37.0 Å². The van der Waals surface area contributed by atoms with Crippen LogP contribution in [0.3, 0.4) is 0 Å². The molecule has 0 spiro atoms. The molecule has 0 atom stereocenters. The smallest absolute Gasteiger partial charge is 0.410 e. The molecule has 0 bridgehead atoms. The van der Waals surface area contributed by atoms with Gasteiger partial charge in [0, 0.05) is 56.7 Å². The zero-order valence-electron chi connectivity index (χ0n) is 22.6. The summed E-state index contributed by atoms with van der Waals surface area (Å²) in [6.07, 6.45) is 4.20. The molecule has 4 rings (SSSR count). The van der Waals surface area contributed by atoms with E-state index in [1.165, 1.54) is 16.9 Å². The second-order valence-corrected chi connectivity index (χ2v) is 10.3. The van der Waals surface area contributed by atoms with Crippen LogP contribution in [0.1, 0.15) is 50.9 Å². The second kappa shape index (κ2) is 10.8. The van der Waals surface area contributed by atoms with Crippen LogP contribution in [-0.4, -0.2) is 75.0 Å². The molecule has 1 fully saturated rings. The van der Waals surface area contributed by atoms with Crippen molar-refractivity contribution in [1.82, 2.24) is 24.6 Å². The molecule has 3 heterocycles. The van der Waals surface area contributed by atoms with Gasteiger partial charge in [0.2, 0.25) is 11.8 Å². The van der Waals surface area contributed by atoms with Crippen molar-refractivity contribution in [1.29, 1.82) is 0 Å². The van der Waals surface area contributed by atoms with Crippen LogP contribution in [0.15, 0.2) is 24.5 Å². The standard InChI is InChI=1S/C26H34FN7O4/c1-7-37-23-19(22(35)29-17-12-16-15-32(5)31-21(16)20(27)13-17)14-28-24(30-23)33(6)18-8-10-34(11-9-18)25(36)38-26(2,3)4/h12-15,18H,7-11H2,1-6H3,(H,29,35). The molecule has 1 N–H and O–H groups in total. The van der Waals surface area contributed by atoms with Gasteiger partial charge in [-0.25, -0.2) is 14.2 Å². The number of aromatic nitrogens is 4. The number of hydrogen-bond donors (Lipinski definition) is 1. The minimum Gasteiger partial charge on any atom is -0.477 e. The molecule has 1 aliphatic heterocycles. The summed E-state index contributed by atoms with van der Waals surface area (Å²) >= 11 is 0. The quantitative estimate of drug-likeness (QED) is 0.512. The first kappa shape index (κ1) is 27.1. The predicted molar refractivity (Wildman–Crippen MR) is 141 cm³/mol. The molecule has 204 valence electrons. The fourth-order valence-corrected chi connectivity index (χ4v) is 4.34. The molecule has 12 heteroatoms. The average Bonchev–Trinajstić information content (AvgIpc) is 3.23. The summed E-state index contributed by atoms with van der Waals surface area (Å²) in [5, 5.41) is 7.35. The fourth-order valence-electron chi connectivity index (χ4n) is 4.34. The molecule has 0 saturated carbocycles. The molecule has 1 saturated heterocycles. The number of hydrogen-bond acceptors (Lipinski definition) is 8. The Morgan fingerprint density at radius 1 is 1.24 bits per heavy atom. The number of nitrogens with zero attached hydrogens (tertiary/aromatic N) is 6. The van der Waals surface area contributed by atoms with Crippen molar-refractivity contribution in [2.45, 2.75) is 52.2 Å². The Kier molecular flexibility index (Phi) is 7.70. The topological polar surface area (TPSA) is 115 Å². The summed E-state index contributed by atoms with van der Waals surface area (Å²) in [5.41, 5.74) is 0.110. The number of rotatable bonds is 6. The maximum absolute atomic E-state index is 14.5. The Bertz CT molecular complexity index is 1330. The normalized spacial score (nSPS) is 14.4. The third-order valence-corrected chi connectivity index (χ3v) is 6.18. The minimum absolute atomic E-state index is 0.0945. The number of piperidine rings is 1. The van der Waals surface area contributed by atoms with Crippen LogP contribution in [0.5, 0.6) is 5.88 Å². The van der Waals surface area contributed by atoms with Crippen LogP contribution >= 0.6 is 0 Å². The number of nitrogens with one attached hydrogen (secondary N) is 1. The number of amides is 2. The highest BCUT2D eigenvalue weighted by molar-refractivity contribution is 6.06. The molecule has 2 amide bonds. The van der Waals surface area contributed by atoms with E-state index in [-0.39, 0.29) is 34.8 Å². The van der Waals surface area contributed by atoms with E-state index >= 15 is 0 Å². The van der Waals surface area contributed by atoms with E-state index in [2.05, 4.69) is 20.4 Å². The van der Waals surface area contributed by atoms with Gasteiger partial charge in [0.25, 0.3) is 5.91 Å². The van der Waals surface area contributed by atoms with Gasteiger partial charge in [-0.05, 0) is 52.7 Å². The summed E-state index contributed by atoms with van der Waals surface area (Å²) in [7, 11) is 3.58. The molecule has 2 aromatic heterocycles. The Balaban J connectivity index is 1.46. The van der Waals surface area contributed by atoms with Crippen molar-refractivity contribution in [3.8, 4) is 5.88 Å². The average molecular weight is 528 g/mol. The highest BCUT2D eigenvalue weighted by Crippen LogP contribution is 2.26. The SMILES string of the molecule is CCOc1nc(N(C)C2CCN(C(=O)OC(C)(C)C)CC2)ncc1C(=O)Nc1cc(F)c2nn(C)cc2c1. The van der Waals surface area contributed by atoms with Crippen molar-refractivity contribution in [3.05, 3.63) is 35.9 Å². The van der Waals surface area contributed by atoms with Gasteiger partial charge < -0.3 is 24.6 Å². The zero-order valence-corrected chi connectivity index (χ0v) is 22.6. The highest BCUT2D eigenvalue weighted by atomic mass is 19.1. The Labute approximate surface area is 220 Å². The number of likely N-dealkylation sites (tertiary alicyclic amines) is 1. The third kappa shape index (κ3) is 6.12. The van der Waals surface area contributed by atoms with Crippen molar-refractivity contribution >= 4 is 34.5 Å². The maximum Gasteiger partial charge on any atom is 0.410 e. The van der Waals surface area contributed by atoms with E-state index in [0.717, 1.165) is 0 Å². The number of carbonyl (C=O) groups is 2. The molecule has 1 aromatic carbocycles. The van der Waals surface area contributed by atoms with Crippen molar-refractivity contribution < 1.29 is 23.5 Å². The summed E-state index contributed by atoms with van der Waals surface area (Å²) in [6, 6.07) is 2.97. The van der Waals surface area contributed by atoms with Crippen LogP contribution in [0.4, 0.5) is 20.8 Å². The van der Waals surface area contributed by atoms with E-state index in [4.69, 9.17) is 9.47 Å². The van der Waals surface area contributed by atoms with Gasteiger partial charge in [0.1, 0.15) is 16.7 Å². The summed E-state index contributed by atoms with van der Waals surface area (Å²) in [5.74, 6) is -0.509. The first-order valence-electron chi connectivity index (χ1n) is 12.6. The van der Waals surface area contributed by atoms with Gasteiger partial charge in [-0.2, -0.15) is 10.1 Å². The number of aryl methyl sites for hydroxylation is 1. The van der Waals surface area contributed by atoms with E-state index < -0.39 is 17.3 Å². The summed E-state index contributed by atoms with van der Waals surface area (Å²) in [6.45, 7) is 8.75. The van der Waals surface area contributed by atoms with Crippen molar-refractivity contribution in [3.63, 3.8) is 0 Å². The van der Waals surface area contributed by atoms with E-state index in [1.54, 1.807) is 31.1 Å². The van der Waals surface area contributed by atoms with E-state index in [0.29, 0.717) is 43.9 Å². The number of benzene rings is 1. The van der Waals surface area contributed by atoms with Crippen molar-refractivity contribution in [2.24, 2.45) is 7.05 Å². The van der Waals surface area contributed by atoms with Gasteiger partial charge in [-0.15, -0.1) is 0 Å². The third-order valence-electron chi connectivity index (χ3n) is 6.18. The number of halogens is 1. The van der Waals surface area contributed by atoms with Crippen LogP contribution in [-0.2, 0) is 11.8 Å². The minimum atomic E-state index is -0.540. The fraction of sp³-hybridized carbons (Fsp3) is 0.500. The van der Waals surface area contributed by atoms with Gasteiger partial charge in [-0.3, -0.25) is 9.48 Å². The van der Waals surface area contributed by atoms with E-state index in [9.17, 15) is 14.0 Å². The van der Waals surface area contributed by atoms with Crippen LogP contribution < -0.4 is 15.0 Å². The van der Waals surface area contributed by atoms with Crippen LogP contribution in [0.25, 0.3) is 10.9 Å². The summed E-state index contributed by atoms with van der Waals surface area (Å²) in [4.78, 5) is 38.0. The molecule has 3 aromatic rings. The van der Waals surface area contributed by atoms with E-state index in [1.807, 2.05) is 32.7 Å². The number of anilines is 2.